The van der Waals surface area contributed by atoms with Crippen molar-refractivity contribution in [1.82, 2.24) is 0 Å². The Bertz CT molecular complexity index is 364. The van der Waals surface area contributed by atoms with Gasteiger partial charge in [-0.05, 0) is 37.0 Å². The third kappa shape index (κ3) is 2.39. The minimum atomic E-state index is -0.858. The van der Waals surface area contributed by atoms with Crippen LogP contribution >= 0.6 is 0 Å². The summed E-state index contributed by atoms with van der Waals surface area (Å²) in [5, 5.41) is 0. The summed E-state index contributed by atoms with van der Waals surface area (Å²) >= 11 is 0. The van der Waals surface area contributed by atoms with E-state index in [1.165, 1.54) is 6.07 Å². The molecule has 16 heavy (non-hydrogen) atoms. The van der Waals surface area contributed by atoms with E-state index in [9.17, 15) is 8.78 Å². The lowest BCUT2D eigenvalue weighted by Crippen LogP contribution is -2.31. The molecule has 88 valence electrons. The molecule has 1 fully saturated rings. The Morgan fingerprint density at radius 2 is 2.06 bits per heavy atom. The number of hydrogen-bond donors (Lipinski definition) is 1. The lowest BCUT2D eigenvalue weighted by molar-refractivity contribution is -0.0000499. The van der Waals surface area contributed by atoms with Gasteiger partial charge in [0.2, 0.25) is 0 Å². The fraction of sp³-hybridized carbons (Fsp3) is 0.500. The monoisotopic (exact) mass is 227 g/mol. The molecule has 1 aromatic rings. The van der Waals surface area contributed by atoms with Gasteiger partial charge in [-0.15, -0.1) is 0 Å². The van der Waals surface area contributed by atoms with Crippen LogP contribution in [0.5, 0.6) is 0 Å². The van der Waals surface area contributed by atoms with Crippen molar-refractivity contribution in [2.45, 2.75) is 31.4 Å². The zero-order valence-corrected chi connectivity index (χ0v) is 8.96. The van der Waals surface area contributed by atoms with E-state index in [4.69, 9.17) is 10.5 Å². The lowest BCUT2D eigenvalue weighted by atomic mass is 9.96. The predicted molar refractivity (Wildman–Crippen MR) is 56.9 cm³/mol. The summed E-state index contributed by atoms with van der Waals surface area (Å²) in [7, 11) is 0. The molecule has 2 unspecified atom stereocenters. The lowest BCUT2D eigenvalue weighted by Gasteiger charge is -2.28. The average Bonchev–Trinajstić information content (AvgIpc) is 2.33. The van der Waals surface area contributed by atoms with Crippen LogP contribution in [0.15, 0.2) is 18.2 Å². The van der Waals surface area contributed by atoms with Gasteiger partial charge in [-0.1, -0.05) is 6.07 Å². The van der Waals surface area contributed by atoms with E-state index in [0.29, 0.717) is 12.2 Å². The maximum atomic E-state index is 13.0. The molecule has 2 nitrogen and oxygen atoms in total. The Morgan fingerprint density at radius 3 is 2.69 bits per heavy atom. The number of benzene rings is 1. The first kappa shape index (κ1) is 11.5. The van der Waals surface area contributed by atoms with Crippen molar-refractivity contribution >= 4 is 0 Å². The summed E-state index contributed by atoms with van der Waals surface area (Å²) in [5.74, 6) is -1.70. The summed E-state index contributed by atoms with van der Waals surface area (Å²) in [6.45, 7) is 0.696. The maximum Gasteiger partial charge on any atom is 0.159 e. The molecule has 0 saturated carbocycles. The van der Waals surface area contributed by atoms with E-state index in [1.54, 1.807) is 0 Å². The van der Waals surface area contributed by atoms with Crippen molar-refractivity contribution in [2.75, 3.05) is 6.61 Å². The molecule has 0 bridgehead atoms. The molecule has 2 N–H and O–H groups in total. The largest absolute Gasteiger partial charge is 0.376 e. The van der Waals surface area contributed by atoms with Crippen LogP contribution in [-0.4, -0.2) is 12.7 Å². The Hall–Kier alpha value is -1.00. The highest BCUT2D eigenvalue weighted by Gasteiger charge is 2.23. The summed E-state index contributed by atoms with van der Waals surface area (Å²) in [4.78, 5) is 0. The van der Waals surface area contributed by atoms with Crippen molar-refractivity contribution in [3.63, 3.8) is 0 Å². The molecule has 1 saturated heterocycles. The highest BCUT2D eigenvalue weighted by molar-refractivity contribution is 5.22. The van der Waals surface area contributed by atoms with Gasteiger partial charge in [0, 0.05) is 6.61 Å². The average molecular weight is 227 g/mol. The van der Waals surface area contributed by atoms with Gasteiger partial charge < -0.3 is 10.5 Å². The van der Waals surface area contributed by atoms with Gasteiger partial charge in [0.15, 0.2) is 11.6 Å². The second-order valence-electron chi connectivity index (χ2n) is 4.10. The van der Waals surface area contributed by atoms with Gasteiger partial charge >= 0.3 is 0 Å². The molecule has 4 heteroatoms. The van der Waals surface area contributed by atoms with Crippen molar-refractivity contribution in [1.29, 1.82) is 0 Å². The quantitative estimate of drug-likeness (QED) is 0.842. The summed E-state index contributed by atoms with van der Waals surface area (Å²) < 4.78 is 31.3. The van der Waals surface area contributed by atoms with Crippen molar-refractivity contribution in [3.8, 4) is 0 Å². The molecule has 0 aliphatic carbocycles. The van der Waals surface area contributed by atoms with Crippen LogP contribution in [0.1, 0.15) is 30.9 Å². The van der Waals surface area contributed by atoms with E-state index in [2.05, 4.69) is 0 Å². The van der Waals surface area contributed by atoms with Gasteiger partial charge in [-0.3, -0.25) is 0 Å². The van der Waals surface area contributed by atoms with Gasteiger partial charge in [-0.2, -0.15) is 0 Å². The highest BCUT2D eigenvalue weighted by atomic mass is 19.2. The third-order valence-electron chi connectivity index (χ3n) is 2.94. The Labute approximate surface area is 93.4 Å². The fourth-order valence-corrected chi connectivity index (χ4v) is 1.98. The summed E-state index contributed by atoms with van der Waals surface area (Å²) in [6, 6.07) is 3.39. The van der Waals surface area contributed by atoms with E-state index in [1.807, 2.05) is 0 Å². The first-order valence-electron chi connectivity index (χ1n) is 5.50. The van der Waals surface area contributed by atoms with Gasteiger partial charge in [0.1, 0.15) is 0 Å². The molecular formula is C12H15F2NO. The van der Waals surface area contributed by atoms with Gasteiger partial charge in [0.25, 0.3) is 0 Å². The summed E-state index contributed by atoms with van der Waals surface area (Å²) in [5.41, 5.74) is 6.56. The molecule has 1 aliphatic rings. The molecule has 0 spiro atoms. The van der Waals surface area contributed by atoms with E-state index < -0.39 is 11.6 Å². The van der Waals surface area contributed by atoms with Crippen LogP contribution in [0.4, 0.5) is 8.78 Å². The number of hydrogen-bond acceptors (Lipinski definition) is 2. The number of nitrogens with two attached hydrogens (primary N) is 1. The minimum Gasteiger partial charge on any atom is -0.376 e. The number of halogens is 2. The molecule has 1 heterocycles. The van der Waals surface area contributed by atoms with Crippen LogP contribution < -0.4 is 5.73 Å². The standard InChI is InChI=1S/C12H15F2NO/c13-9-5-4-8(7-10(9)14)12(15)11-3-1-2-6-16-11/h4-5,7,11-12H,1-3,6,15H2. The smallest absolute Gasteiger partial charge is 0.159 e. The Morgan fingerprint density at radius 1 is 1.25 bits per heavy atom. The second-order valence-corrected chi connectivity index (χ2v) is 4.10. The van der Waals surface area contributed by atoms with Crippen LogP contribution in [-0.2, 0) is 4.74 Å². The Kier molecular flexibility index (Phi) is 3.51. The molecule has 0 radical (unpaired) electrons. The molecule has 1 aromatic carbocycles. The number of rotatable bonds is 2. The molecule has 2 atom stereocenters. The van der Waals surface area contributed by atoms with E-state index in [-0.39, 0.29) is 12.1 Å². The summed E-state index contributed by atoms with van der Waals surface area (Å²) in [6.07, 6.45) is 2.90. The fourth-order valence-electron chi connectivity index (χ4n) is 1.98. The zero-order chi connectivity index (χ0) is 11.5. The maximum absolute atomic E-state index is 13.0. The Balaban J connectivity index is 2.12. The first-order valence-corrected chi connectivity index (χ1v) is 5.50. The van der Waals surface area contributed by atoms with Crippen LogP contribution in [0.25, 0.3) is 0 Å². The zero-order valence-electron chi connectivity index (χ0n) is 8.96. The minimum absolute atomic E-state index is 0.0846. The molecule has 0 aromatic heterocycles. The SMILES string of the molecule is NC(c1ccc(F)c(F)c1)C1CCCCO1. The first-order chi connectivity index (χ1) is 7.68. The molecule has 0 amide bonds. The van der Waals surface area contributed by atoms with E-state index >= 15 is 0 Å². The second kappa shape index (κ2) is 4.89. The van der Waals surface area contributed by atoms with Crippen molar-refractivity contribution in [3.05, 3.63) is 35.4 Å². The molecule has 1 aliphatic heterocycles. The van der Waals surface area contributed by atoms with Crippen molar-refractivity contribution in [2.24, 2.45) is 5.73 Å². The molecule has 2 rings (SSSR count). The third-order valence-corrected chi connectivity index (χ3v) is 2.94. The van der Waals surface area contributed by atoms with Gasteiger partial charge in [-0.25, -0.2) is 8.78 Å². The normalized spacial score (nSPS) is 23.1. The van der Waals surface area contributed by atoms with Gasteiger partial charge in [0.05, 0.1) is 12.1 Å². The van der Waals surface area contributed by atoms with E-state index in [0.717, 1.165) is 31.4 Å². The molecular weight excluding hydrogens is 212 g/mol. The number of ether oxygens (including phenoxy) is 1. The van der Waals surface area contributed by atoms with Crippen molar-refractivity contribution < 1.29 is 13.5 Å². The topological polar surface area (TPSA) is 35.2 Å². The predicted octanol–water partition coefficient (Wildman–Crippen LogP) is 2.53. The van der Waals surface area contributed by atoms with Crippen LogP contribution in [0.3, 0.4) is 0 Å². The van der Waals surface area contributed by atoms with Crippen LogP contribution in [0, 0.1) is 11.6 Å². The van der Waals surface area contributed by atoms with Crippen LogP contribution in [0.2, 0.25) is 0 Å². The highest BCUT2D eigenvalue weighted by Crippen LogP contribution is 2.25.